The van der Waals surface area contributed by atoms with E-state index < -0.39 is 10.2 Å². The molecule has 2 heterocycles. The molecule has 0 aliphatic carbocycles. The average Bonchev–Trinajstić information content (AvgIpc) is 2.98. The molecule has 1 aliphatic heterocycles. The molecule has 2 rings (SSSR count). The molecule has 1 aliphatic rings. The van der Waals surface area contributed by atoms with Crippen LogP contribution in [-0.2, 0) is 16.6 Å². The summed E-state index contributed by atoms with van der Waals surface area (Å²) in [5, 5.41) is 7.38. The molecule has 0 spiro atoms. The Balaban J connectivity index is 1.80. The third kappa shape index (κ3) is 5.34. The molecule has 0 amide bonds. The van der Waals surface area contributed by atoms with Crippen LogP contribution in [0.25, 0.3) is 0 Å². The van der Waals surface area contributed by atoms with Crippen LogP contribution in [-0.4, -0.2) is 45.4 Å². The van der Waals surface area contributed by atoms with E-state index in [2.05, 4.69) is 22.3 Å². The molecule has 0 aromatic carbocycles. The lowest BCUT2D eigenvalue weighted by Gasteiger charge is -2.32. The van der Waals surface area contributed by atoms with Crippen molar-refractivity contribution in [2.45, 2.75) is 26.2 Å². The Morgan fingerprint density at radius 1 is 1.48 bits per heavy atom. The van der Waals surface area contributed by atoms with Crippen LogP contribution in [0.1, 0.15) is 25.3 Å². The Morgan fingerprint density at radius 3 is 3.05 bits per heavy atom. The first-order valence-corrected chi connectivity index (χ1v) is 9.96. The van der Waals surface area contributed by atoms with Crippen LogP contribution in [0.4, 0.5) is 0 Å². The SMILES string of the molecule is CCNCC1CCCN(S(=O)(=O)NCCc2ccsc2)C1. The predicted octanol–water partition coefficient (Wildman–Crippen LogP) is 1.45. The minimum Gasteiger partial charge on any atom is -0.317 e. The molecule has 1 saturated heterocycles. The lowest BCUT2D eigenvalue weighted by Crippen LogP contribution is -2.48. The number of piperidine rings is 1. The zero-order valence-corrected chi connectivity index (χ0v) is 14.2. The van der Waals surface area contributed by atoms with Gasteiger partial charge in [0.2, 0.25) is 0 Å². The molecule has 21 heavy (non-hydrogen) atoms. The highest BCUT2D eigenvalue weighted by molar-refractivity contribution is 7.87. The maximum Gasteiger partial charge on any atom is 0.279 e. The second kappa shape index (κ2) is 8.24. The second-order valence-corrected chi connectivity index (χ2v) is 7.99. The summed E-state index contributed by atoms with van der Waals surface area (Å²) in [6.45, 7) is 5.63. The van der Waals surface area contributed by atoms with Gasteiger partial charge in [-0.2, -0.15) is 24.1 Å². The third-order valence-electron chi connectivity index (χ3n) is 3.78. The van der Waals surface area contributed by atoms with E-state index in [0.29, 0.717) is 25.6 Å². The van der Waals surface area contributed by atoms with Crippen molar-refractivity contribution in [1.29, 1.82) is 0 Å². The van der Waals surface area contributed by atoms with Crippen molar-refractivity contribution in [2.24, 2.45) is 5.92 Å². The van der Waals surface area contributed by atoms with Gasteiger partial charge in [0.1, 0.15) is 0 Å². The molecule has 1 aromatic heterocycles. The Bertz CT molecular complexity index is 502. The van der Waals surface area contributed by atoms with Crippen molar-refractivity contribution < 1.29 is 8.42 Å². The van der Waals surface area contributed by atoms with E-state index in [0.717, 1.165) is 32.4 Å². The number of nitrogens with one attached hydrogen (secondary N) is 2. The number of hydrogen-bond acceptors (Lipinski definition) is 4. The second-order valence-electron chi connectivity index (χ2n) is 5.45. The Labute approximate surface area is 131 Å². The summed E-state index contributed by atoms with van der Waals surface area (Å²) in [5.41, 5.74) is 1.19. The van der Waals surface area contributed by atoms with Gasteiger partial charge in [-0.25, -0.2) is 4.72 Å². The normalized spacial score (nSPS) is 20.7. The van der Waals surface area contributed by atoms with Gasteiger partial charge in [-0.15, -0.1) is 0 Å². The quantitative estimate of drug-likeness (QED) is 0.758. The maximum absolute atomic E-state index is 12.3. The van der Waals surface area contributed by atoms with Crippen molar-refractivity contribution in [3.8, 4) is 0 Å². The van der Waals surface area contributed by atoms with Gasteiger partial charge in [-0.05, 0) is 60.7 Å². The van der Waals surface area contributed by atoms with Gasteiger partial charge in [0.25, 0.3) is 10.2 Å². The molecule has 1 atom stereocenters. The van der Waals surface area contributed by atoms with Gasteiger partial charge in [-0.3, -0.25) is 0 Å². The maximum atomic E-state index is 12.3. The average molecular weight is 332 g/mol. The summed E-state index contributed by atoms with van der Waals surface area (Å²) in [7, 11) is -3.34. The van der Waals surface area contributed by atoms with Crippen molar-refractivity contribution in [1.82, 2.24) is 14.3 Å². The molecular formula is C14H25N3O2S2. The summed E-state index contributed by atoms with van der Waals surface area (Å²) in [6.07, 6.45) is 2.80. The number of nitrogens with zero attached hydrogens (tertiary/aromatic N) is 1. The van der Waals surface area contributed by atoms with Crippen LogP contribution in [0.5, 0.6) is 0 Å². The molecule has 1 fully saturated rings. The summed E-state index contributed by atoms with van der Waals surface area (Å²) in [5.74, 6) is 0.423. The van der Waals surface area contributed by atoms with Crippen LogP contribution < -0.4 is 10.0 Å². The van der Waals surface area contributed by atoms with Crippen LogP contribution in [0, 0.1) is 5.92 Å². The van der Waals surface area contributed by atoms with Crippen molar-refractivity contribution >= 4 is 21.5 Å². The van der Waals surface area contributed by atoms with Gasteiger partial charge in [0.15, 0.2) is 0 Å². The van der Waals surface area contributed by atoms with E-state index in [1.807, 2.05) is 11.4 Å². The first kappa shape index (κ1) is 16.9. The monoisotopic (exact) mass is 331 g/mol. The minimum absolute atomic E-state index is 0.423. The van der Waals surface area contributed by atoms with Gasteiger partial charge in [0.05, 0.1) is 0 Å². The highest BCUT2D eigenvalue weighted by atomic mass is 32.2. The fourth-order valence-electron chi connectivity index (χ4n) is 2.61. The predicted molar refractivity (Wildman–Crippen MR) is 87.8 cm³/mol. The molecule has 2 N–H and O–H groups in total. The third-order valence-corrected chi connectivity index (χ3v) is 6.10. The number of hydrogen-bond donors (Lipinski definition) is 2. The van der Waals surface area contributed by atoms with E-state index in [4.69, 9.17) is 0 Å². The first-order valence-electron chi connectivity index (χ1n) is 7.58. The van der Waals surface area contributed by atoms with E-state index in [1.54, 1.807) is 15.6 Å². The van der Waals surface area contributed by atoms with E-state index in [-0.39, 0.29) is 0 Å². The zero-order valence-electron chi connectivity index (χ0n) is 12.5. The summed E-state index contributed by atoms with van der Waals surface area (Å²) in [6, 6.07) is 2.03. The molecule has 0 radical (unpaired) electrons. The molecule has 1 unspecified atom stereocenters. The van der Waals surface area contributed by atoms with Crippen molar-refractivity contribution in [3.63, 3.8) is 0 Å². The summed E-state index contributed by atoms with van der Waals surface area (Å²) in [4.78, 5) is 0. The van der Waals surface area contributed by atoms with Gasteiger partial charge < -0.3 is 5.32 Å². The number of rotatable bonds is 8. The topological polar surface area (TPSA) is 61.4 Å². The zero-order chi connectivity index (χ0) is 15.1. The van der Waals surface area contributed by atoms with Gasteiger partial charge >= 0.3 is 0 Å². The first-order chi connectivity index (χ1) is 10.1. The highest BCUT2D eigenvalue weighted by Crippen LogP contribution is 2.18. The molecule has 1 aromatic rings. The van der Waals surface area contributed by atoms with E-state index in [1.165, 1.54) is 5.56 Å². The Hall–Kier alpha value is -0.470. The van der Waals surface area contributed by atoms with Crippen LogP contribution >= 0.6 is 11.3 Å². The molecular weight excluding hydrogens is 306 g/mol. The molecule has 0 bridgehead atoms. The Morgan fingerprint density at radius 2 is 2.33 bits per heavy atom. The van der Waals surface area contributed by atoms with Gasteiger partial charge in [-0.1, -0.05) is 6.92 Å². The van der Waals surface area contributed by atoms with Crippen LogP contribution in [0.15, 0.2) is 16.8 Å². The van der Waals surface area contributed by atoms with Crippen LogP contribution in [0.2, 0.25) is 0 Å². The van der Waals surface area contributed by atoms with Crippen molar-refractivity contribution in [2.75, 3.05) is 32.7 Å². The largest absolute Gasteiger partial charge is 0.317 e. The lowest BCUT2D eigenvalue weighted by molar-refractivity contribution is 0.259. The molecule has 5 nitrogen and oxygen atoms in total. The fourth-order valence-corrected chi connectivity index (χ4v) is 4.63. The van der Waals surface area contributed by atoms with E-state index >= 15 is 0 Å². The molecule has 7 heteroatoms. The highest BCUT2D eigenvalue weighted by Gasteiger charge is 2.28. The van der Waals surface area contributed by atoms with E-state index in [9.17, 15) is 8.42 Å². The lowest BCUT2D eigenvalue weighted by atomic mass is 10.00. The number of thiophene rings is 1. The standard InChI is InChI=1S/C14H25N3O2S2/c1-2-15-10-14-4-3-8-17(11-14)21(18,19)16-7-5-13-6-9-20-12-13/h6,9,12,14-16H,2-5,7-8,10-11H2,1H3. The van der Waals surface area contributed by atoms with Crippen molar-refractivity contribution in [3.05, 3.63) is 22.4 Å². The van der Waals surface area contributed by atoms with Gasteiger partial charge in [0, 0.05) is 19.6 Å². The van der Waals surface area contributed by atoms with Crippen LogP contribution in [0.3, 0.4) is 0 Å². The molecule has 120 valence electrons. The Kier molecular flexibility index (Phi) is 6.63. The summed E-state index contributed by atoms with van der Waals surface area (Å²) < 4.78 is 29.0. The molecule has 0 saturated carbocycles. The minimum atomic E-state index is -3.34. The smallest absolute Gasteiger partial charge is 0.279 e. The summed E-state index contributed by atoms with van der Waals surface area (Å²) >= 11 is 1.64. The fraction of sp³-hybridized carbons (Fsp3) is 0.714.